The average Bonchev–Trinajstić information content (AvgIpc) is 2.76. The van der Waals surface area contributed by atoms with E-state index in [0.717, 1.165) is 5.92 Å². The van der Waals surface area contributed by atoms with E-state index < -0.39 is 0 Å². The maximum absolute atomic E-state index is 3.80. The molecule has 2 rings (SSSR count). The van der Waals surface area contributed by atoms with Crippen LogP contribution in [0.1, 0.15) is 62.4 Å². The van der Waals surface area contributed by atoms with Crippen LogP contribution in [0.3, 0.4) is 0 Å². The topological polar surface area (TPSA) is 12.0 Å². The largest absolute Gasteiger partial charge is 0.307 e. The van der Waals surface area contributed by atoms with Crippen LogP contribution in [0, 0.1) is 12.8 Å². The number of hydrogen-bond donors (Lipinski definition) is 1. The Labute approximate surface area is 110 Å². The van der Waals surface area contributed by atoms with Crippen molar-refractivity contribution in [3.05, 3.63) is 21.9 Å². The van der Waals surface area contributed by atoms with Gasteiger partial charge in [0, 0.05) is 17.0 Å². The maximum atomic E-state index is 3.80. The monoisotopic (exact) mass is 251 g/mol. The number of aryl methyl sites for hydroxylation is 1. The van der Waals surface area contributed by atoms with Crippen molar-refractivity contribution >= 4 is 11.3 Å². The molecule has 2 heteroatoms. The van der Waals surface area contributed by atoms with Gasteiger partial charge < -0.3 is 5.32 Å². The highest BCUT2D eigenvalue weighted by Gasteiger charge is 2.22. The van der Waals surface area contributed by atoms with Gasteiger partial charge in [0.15, 0.2) is 0 Å². The van der Waals surface area contributed by atoms with Gasteiger partial charge in [-0.3, -0.25) is 0 Å². The summed E-state index contributed by atoms with van der Waals surface area (Å²) < 4.78 is 0. The van der Waals surface area contributed by atoms with Crippen LogP contribution in [-0.2, 0) is 0 Å². The molecule has 1 aromatic heterocycles. The summed E-state index contributed by atoms with van der Waals surface area (Å²) in [6.07, 6.45) is 7.16. The minimum absolute atomic E-state index is 0.506. The summed E-state index contributed by atoms with van der Waals surface area (Å²) in [5.74, 6) is 0.895. The second-order valence-electron chi connectivity index (χ2n) is 5.54. The molecule has 2 unspecified atom stereocenters. The third kappa shape index (κ3) is 3.32. The van der Waals surface area contributed by atoms with Crippen molar-refractivity contribution in [2.24, 2.45) is 5.92 Å². The lowest BCUT2D eigenvalue weighted by Gasteiger charge is -2.30. The molecule has 1 heterocycles. The van der Waals surface area contributed by atoms with Crippen LogP contribution in [-0.4, -0.2) is 6.04 Å². The van der Waals surface area contributed by atoms with Crippen LogP contribution in [0.15, 0.2) is 11.4 Å². The van der Waals surface area contributed by atoms with Crippen LogP contribution in [0.2, 0.25) is 0 Å². The first-order valence-electron chi connectivity index (χ1n) is 6.98. The van der Waals surface area contributed by atoms with E-state index in [2.05, 4.69) is 37.5 Å². The summed E-state index contributed by atoms with van der Waals surface area (Å²) >= 11 is 1.88. The summed E-state index contributed by atoms with van der Waals surface area (Å²) in [5, 5.41) is 6.01. The Morgan fingerprint density at radius 3 is 2.53 bits per heavy atom. The average molecular weight is 251 g/mol. The molecule has 0 radical (unpaired) electrons. The molecule has 96 valence electrons. The Bertz CT molecular complexity index is 338. The fourth-order valence-electron chi connectivity index (χ4n) is 3.07. The van der Waals surface area contributed by atoms with E-state index in [1.807, 2.05) is 11.3 Å². The number of hydrogen-bond acceptors (Lipinski definition) is 2. The predicted molar refractivity (Wildman–Crippen MR) is 76.6 cm³/mol. The van der Waals surface area contributed by atoms with Crippen molar-refractivity contribution in [2.75, 3.05) is 0 Å². The van der Waals surface area contributed by atoms with Crippen molar-refractivity contribution in [3.63, 3.8) is 0 Å². The minimum Gasteiger partial charge on any atom is -0.307 e. The molecule has 17 heavy (non-hydrogen) atoms. The van der Waals surface area contributed by atoms with Gasteiger partial charge in [0.2, 0.25) is 0 Å². The molecule has 2 atom stereocenters. The van der Waals surface area contributed by atoms with Crippen LogP contribution in [0.25, 0.3) is 0 Å². The van der Waals surface area contributed by atoms with Crippen LogP contribution in [0.5, 0.6) is 0 Å². The molecule has 1 N–H and O–H groups in total. The lowest BCUT2D eigenvalue weighted by molar-refractivity contribution is 0.269. The van der Waals surface area contributed by atoms with Gasteiger partial charge in [-0.1, -0.05) is 19.3 Å². The Morgan fingerprint density at radius 2 is 1.94 bits per heavy atom. The van der Waals surface area contributed by atoms with Crippen molar-refractivity contribution in [2.45, 2.75) is 65.0 Å². The van der Waals surface area contributed by atoms with Gasteiger partial charge in [-0.2, -0.15) is 0 Å². The van der Waals surface area contributed by atoms with Crippen molar-refractivity contribution in [3.8, 4) is 0 Å². The molecular weight excluding hydrogens is 226 g/mol. The van der Waals surface area contributed by atoms with Crippen LogP contribution in [0.4, 0.5) is 0 Å². The van der Waals surface area contributed by atoms with Crippen LogP contribution < -0.4 is 5.32 Å². The fourth-order valence-corrected chi connectivity index (χ4v) is 4.01. The Morgan fingerprint density at radius 1 is 1.24 bits per heavy atom. The first kappa shape index (κ1) is 13.1. The molecule has 0 spiro atoms. The number of rotatable bonds is 4. The van der Waals surface area contributed by atoms with E-state index >= 15 is 0 Å². The molecular formula is C15H25NS. The third-order valence-corrected chi connectivity index (χ3v) is 5.37. The van der Waals surface area contributed by atoms with Crippen LogP contribution >= 0.6 is 11.3 Å². The summed E-state index contributed by atoms with van der Waals surface area (Å²) in [4.78, 5) is 1.51. The molecule has 0 aliphatic heterocycles. The van der Waals surface area contributed by atoms with E-state index in [-0.39, 0.29) is 0 Å². The number of thiophene rings is 1. The van der Waals surface area contributed by atoms with E-state index in [9.17, 15) is 0 Å². The number of nitrogens with one attached hydrogen (secondary N) is 1. The lowest BCUT2D eigenvalue weighted by atomic mass is 9.84. The molecule has 1 aliphatic rings. The Kier molecular flexibility index (Phi) is 4.63. The van der Waals surface area contributed by atoms with Crippen molar-refractivity contribution in [1.29, 1.82) is 0 Å². The molecule has 1 aliphatic carbocycles. The fraction of sp³-hybridized carbons (Fsp3) is 0.733. The SMILES string of the molecule is Cc1ccsc1C(C)NC(C)C1CCCCC1. The molecule has 1 nitrogen and oxygen atoms in total. The molecule has 1 saturated carbocycles. The summed E-state index contributed by atoms with van der Waals surface area (Å²) in [6, 6.07) is 3.39. The zero-order chi connectivity index (χ0) is 12.3. The first-order chi connectivity index (χ1) is 8.18. The van der Waals surface area contributed by atoms with Gasteiger partial charge in [-0.15, -0.1) is 11.3 Å². The van der Waals surface area contributed by atoms with E-state index in [1.54, 1.807) is 0 Å². The Balaban J connectivity index is 1.89. The van der Waals surface area contributed by atoms with E-state index in [0.29, 0.717) is 12.1 Å². The smallest absolute Gasteiger partial charge is 0.0390 e. The van der Waals surface area contributed by atoms with Gasteiger partial charge in [-0.25, -0.2) is 0 Å². The second-order valence-corrected chi connectivity index (χ2v) is 6.49. The van der Waals surface area contributed by atoms with Crippen molar-refractivity contribution in [1.82, 2.24) is 5.32 Å². The van der Waals surface area contributed by atoms with Gasteiger partial charge in [-0.05, 0) is 56.5 Å². The van der Waals surface area contributed by atoms with Gasteiger partial charge in [0.05, 0.1) is 0 Å². The quantitative estimate of drug-likeness (QED) is 0.819. The molecule has 1 aromatic rings. The lowest BCUT2D eigenvalue weighted by Crippen LogP contribution is -2.36. The zero-order valence-electron chi connectivity index (χ0n) is 11.3. The maximum Gasteiger partial charge on any atom is 0.0390 e. The van der Waals surface area contributed by atoms with E-state index in [4.69, 9.17) is 0 Å². The summed E-state index contributed by atoms with van der Waals surface area (Å²) in [6.45, 7) is 6.89. The first-order valence-corrected chi connectivity index (χ1v) is 7.86. The normalized spacial score (nSPS) is 21.4. The molecule has 0 aromatic carbocycles. The molecule has 0 amide bonds. The standard InChI is InChI=1S/C15H25NS/c1-11-9-10-17-15(11)13(3)16-12(2)14-7-5-4-6-8-14/h9-10,12-14,16H,4-8H2,1-3H3. The molecule has 0 saturated heterocycles. The second kappa shape index (κ2) is 6.01. The highest BCUT2D eigenvalue weighted by atomic mass is 32.1. The Hall–Kier alpha value is -0.340. The highest BCUT2D eigenvalue weighted by molar-refractivity contribution is 7.10. The van der Waals surface area contributed by atoms with E-state index in [1.165, 1.54) is 42.5 Å². The third-order valence-electron chi connectivity index (χ3n) is 4.16. The summed E-state index contributed by atoms with van der Waals surface area (Å²) in [7, 11) is 0. The predicted octanol–water partition coefficient (Wildman–Crippen LogP) is 4.68. The van der Waals surface area contributed by atoms with Gasteiger partial charge in [0.1, 0.15) is 0 Å². The van der Waals surface area contributed by atoms with Crippen molar-refractivity contribution < 1.29 is 0 Å². The molecule has 0 bridgehead atoms. The highest BCUT2D eigenvalue weighted by Crippen LogP contribution is 2.29. The van der Waals surface area contributed by atoms with Gasteiger partial charge >= 0.3 is 0 Å². The molecule has 1 fully saturated rings. The zero-order valence-corrected chi connectivity index (χ0v) is 12.1. The van der Waals surface area contributed by atoms with Gasteiger partial charge in [0.25, 0.3) is 0 Å². The minimum atomic E-state index is 0.506. The summed E-state index contributed by atoms with van der Waals surface area (Å²) in [5.41, 5.74) is 1.44.